The Labute approximate surface area is 197 Å². The Morgan fingerprint density at radius 2 is 2.22 bits per heavy atom. The van der Waals surface area contributed by atoms with Gasteiger partial charge in [0.1, 0.15) is 33.2 Å². The molecule has 2 aliphatic rings. The van der Waals surface area contributed by atoms with Crippen molar-refractivity contribution < 1.29 is 23.7 Å². The molecule has 11 nitrogen and oxygen atoms in total. The third-order valence-corrected chi connectivity index (χ3v) is 8.72. The number of thiophene rings is 1. The van der Waals surface area contributed by atoms with Crippen molar-refractivity contribution in [3.05, 3.63) is 33.7 Å². The van der Waals surface area contributed by atoms with Gasteiger partial charge in [-0.1, -0.05) is 17.8 Å². The van der Waals surface area contributed by atoms with Crippen LogP contribution in [0.2, 0.25) is 0 Å². The van der Waals surface area contributed by atoms with Gasteiger partial charge in [-0.3, -0.25) is 14.5 Å². The van der Waals surface area contributed by atoms with Gasteiger partial charge in [-0.15, -0.1) is 28.2 Å². The zero-order chi connectivity index (χ0) is 22.8. The maximum absolute atomic E-state index is 12.8. The lowest BCUT2D eigenvalue weighted by molar-refractivity contribution is -0.150. The monoisotopic (exact) mass is 512 g/mol. The molecule has 0 radical (unpaired) electrons. The molecular formula is C17H16N6O5S4. The largest absolute Gasteiger partial charge is 0.477 e. The number of nitrogens with zero attached hydrogens (tertiary/aromatic N) is 5. The number of hydrogen-bond acceptors (Lipinski definition) is 10. The van der Waals surface area contributed by atoms with E-state index in [-0.39, 0.29) is 21.8 Å². The first-order valence-electron chi connectivity index (χ1n) is 9.26. The summed E-state index contributed by atoms with van der Waals surface area (Å²) in [4.78, 5) is 39.0. The van der Waals surface area contributed by atoms with E-state index in [1.54, 1.807) is 22.2 Å². The number of aryl methyl sites for hydroxylation is 1. The summed E-state index contributed by atoms with van der Waals surface area (Å²) in [5.74, 6) is -1.68. The Hall–Kier alpha value is -2.49. The first kappa shape index (κ1) is 22.7. The summed E-state index contributed by atoms with van der Waals surface area (Å²) in [6, 6.07) is 2.48. The molecular weight excluding hydrogens is 496 g/mol. The molecule has 1 saturated heterocycles. The molecule has 0 saturated carbocycles. The molecule has 1 unspecified atom stereocenters. The number of fused-ring (bicyclic) bond motifs is 1. The van der Waals surface area contributed by atoms with Crippen LogP contribution in [0.5, 0.6) is 0 Å². The third kappa shape index (κ3) is 4.12. The van der Waals surface area contributed by atoms with Gasteiger partial charge in [-0.25, -0.2) is 13.7 Å². The number of rotatable bonds is 8. The van der Waals surface area contributed by atoms with Crippen LogP contribution in [0.25, 0.3) is 0 Å². The normalized spacial score (nSPS) is 19.9. The number of tetrazole rings is 1. The number of hydrogen-bond donors (Lipinski definition) is 2. The number of carbonyl (C=O) groups is 3. The molecule has 2 atom stereocenters. The van der Waals surface area contributed by atoms with Crippen LogP contribution in [0.3, 0.4) is 0 Å². The number of amides is 2. The Morgan fingerprint density at radius 3 is 2.88 bits per heavy atom. The lowest BCUT2D eigenvalue weighted by Crippen LogP contribution is -2.71. The Balaban J connectivity index is 1.49. The van der Waals surface area contributed by atoms with Crippen LogP contribution in [0.4, 0.5) is 0 Å². The van der Waals surface area contributed by atoms with Crippen molar-refractivity contribution in [2.24, 2.45) is 0 Å². The summed E-state index contributed by atoms with van der Waals surface area (Å²) < 4.78 is 13.0. The molecule has 2 amide bonds. The van der Waals surface area contributed by atoms with Crippen LogP contribution in [0.15, 0.2) is 33.9 Å². The van der Waals surface area contributed by atoms with E-state index in [9.17, 15) is 23.7 Å². The lowest BCUT2D eigenvalue weighted by Gasteiger charge is -2.49. The zero-order valence-electron chi connectivity index (χ0n) is 16.5. The van der Waals surface area contributed by atoms with E-state index in [0.29, 0.717) is 33.7 Å². The van der Waals surface area contributed by atoms with Gasteiger partial charge in [0.15, 0.2) is 0 Å². The average molecular weight is 513 g/mol. The predicted octanol–water partition coefficient (Wildman–Crippen LogP) is 0.0189. The van der Waals surface area contributed by atoms with Crippen LogP contribution in [-0.2, 0) is 32.2 Å². The summed E-state index contributed by atoms with van der Waals surface area (Å²) in [6.45, 7) is 2.47. The molecule has 2 aromatic rings. The highest BCUT2D eigenvalue weighted by Crippen LogP contribution is 2.41. The van der Waals surface area contributed by atoms with E-state index in [1.807, 2.05) is 6.92 Å². The number of nitrogens with one attached hydrogen (secondary N) is 1. The van der Waals surface area contributed by atoms with E-state index in [1.165, 1.54) is 39.8 Å². The topological polar surface area (TPSA) is 147 Å². The highest BCUT2D eigenvalue weighted by atomic mass is 32.2. The van der Waals surface area contributed by atoms with Crippen LogP contribution in [0, 0.1) is 0 Å². The van der Waals surface area contributed by atoms with E-state index in [2.05, 4.69) is 20.8 Å². The minimum absolute atomic E-state index is 0.0215. The van der Waals surface area contributed by atoms with Crippen molar-refractivity contribution in [3.63, 3.8) is 0 Å². The second kappa shape index (κ2) is 9.56. The van der Waals surface area contributed by atoms with E-state index < -0.39 is 29.2 Å². The number of aliphatic carboxylic acids is 1. The van der Waals surface area contributed by atoms with Crippen LogP contribution in [0.1, 0.15) is 11.8 Å². The molecule has 4 heterocycles. The van der Waals surface area contributed by atoms with Crippen LogP contribution < -0.4 is 5.32 Å². The summed E-state index contributed by atoms with van der Waals surface area (Å²) in [6.07, 6.45) is 0. The number of thioether (sulfide) groups is 2. The van der Waals surface area contributed by atoms with Crippen molar-refractivity contribution >= 4 is 68.8 Å². The number of carbonyl (C=O) groups excluding carboxylic acids is 2. The van der Waals surface area contributed by atoms with E-state index >= 15 is 0 Å². The summed E-state index contributed by atoms with van der Waals surface area (Å²) in [5, 5.41) is 25.5. The number of carboxylic acid groups (broad SMARTS) is 1. The highest BCUT2D eigenvalue weighted by Gasteiger charge is 2.54. The third-order valence-electron chi connectivity index (χ3n) is 4.75. The van der Waals surface area contributed by atoms with Gasteiger partial charge < -0.3 is 10.4 Å². The van der Waals surface area contributed by atoms with Gasteiger partial charge in [0.2, 0.25) is 5.16 Å². The predicted molar refractivity (Wildman–Crippen MR) is 120 cm³/mol. The number of aromatic nitrogens is 4. The Morgan fingerprint density at radius 1 is 1.41 bits per heavy atom. The van der Waals surface area contributed by atoms with Gasteiger partial charge in [0.25, 0.3) is 11.8 Å². The van der Waals surface area contributed by atoms with Gasteiger partial charge in [-0.2, -0.15) is 0 Å². The molecule has 0 aromatic carbocycles. The minimum Gasteiger partial charge on any atom is -0.477 e. The Bertz CT molecular complexity index is 1160. The molecule has 15 heteroatoms. The molecule has 1 fully saturated rings. The lowest BCUT2D eigenvalue weighted by atomic mass is 10.0. The molecule has 4 rings (SSSR count). The van der Waals surface area contributed by atoms with Gasteiger partial charge in [0.05, 0.1) is 4.88 Å². The second-order valence-electron chi connectivity index (χ2n) is 6.57. The first-order chi connectivity index (χ1) is 15.5. The average Bonchev–Trinajstić information content (AvgIpc) is 3.47. The van der Waals surface area contributed by atoms with Crippen LogP contribution in [-0.4, -0.2) is 80.0 Å². The summed E-state index contributed by atoms with van der Waals surface area (Å²) in [7, 11) is 0. The van der Waals surface area contributed by atoms with Crippen molar-refractivity contribution in [1.29, 1.82) is 0 Å². The molecule has 2 aliphatic heterocycles. The van der Waals surface area contributed by atoms with Gasteiger partial charge >= 0.3 is 5.97 Å². The molecule has 0 aliphatic carbocycles. The fraction of sp³-hybridized carbons (Fsp3) is 0.353. The van der Waals surface area contributed by atoms with Crippen molar-refractivity contribution in [2.75, 3.05) is 11.5 Å². The fourth-order valence-electron chi connectivity index (χ4n) is 3.25. The van der Waals surface area contributed by atoms with Crippen LogP contribution >= 0.6 is 34.9 Å². The minimum atomic E-state index is -1.21. The summed E-state index contributed by atoms with van der Waals surface area (Å²) in [5.41, 5.74) is 0.501. The Kier molecular flexibility index (Phi) is 6.78. The molecule has 0 spiro atoms. The first-order valence-corrected chi connectivity index (χ1v) is 12.9. The van der Waals surface area contributed by atoms with Gasteiger partial charge in [-0.05, 0) is 34.4 Å². The SMILES string of the molecule is CCn1nnnc1SCC1=C(C(=O)O)N2C(=O)C(NC(=O)C(=S=O)c3cccs3)[C@H]2SC1. The van der Waals surface area contributed by atoms with Gasteiger partial charge in [0, 0.05) is 18.1 Å². The maximum Gasteiger partial charge on any atom is 0.352 e. The quantitative estimate of drug-likeness (QED) is 0.215. The maximum atomic E-state index is 12.8. The number of carboxylic acids is 1. The highest BCUT2D eigenvalue weighted by molar-refractivity contribution is 8.01. The number of β-lactam (4-membered cyclic amide) rings is 1. The molecule has 0 bridgehead atoms. The molecule has 32 heavy (non-hydrogen) atoms. The fourth-order valence-corrected chi connectivity index (χ4v) is 6.87. The molecule has 168 valence electrons. The summed E-state index contributed by atoms with van der Waals surface area (Å²) >= 11 is 3.98. The molecule has 2 aromatic heterocycles. The second-order valence-corrected chi connectivity index (χ2v) is 10.1. The standard InChI is InChI=1S/C17H16N6O5S4/c1-2-22-17(19-20-21-22)31-7-8-6-30-15-10(14(25)23(15)11(8)16(26)27)18-13(24)12(32-28)9-4-3-5-29-9/h3-5,10,15H,2,6-7H2,1H3,(H,18,24)(H,26,27)/t10?,15-/m1/s1. The van der Waals surface area contributed by atoms with E-state index in [0.717, 1.165) is 0 Å². The smallest absolute Gasteiger partial charge is 0.352 e. The zero-order valence-corrected chi connectivity index (χ0v) is 19.7. The van der Waals surface area contributed by atoms with Crippen molar-refractivity contribution in [2.45, 2.75) is 30.0 Å². The van der Waals surface area contributed by atoms with E-state index in [4.69, 9.17) is 0 Å². The molecule has 2 N–H and O–H groups in total. The van der Waals surface area contributed by atoms with Crippen molar-refractivity contribution in [1.82, 2.24) is 30.4 Å². The van der Waals surface area contributed by atoms with Crippen molar-refractivity contribution in [3.8, 4) is 0 Å².